The lowest BCUT2D eigenvalue weighted by Crippen LogP contribution is -2.32. The van der Waals surface area contributed by atoms with Crippen molar-refractivity contribution >= 4 is 23.5 Å². The summed E-state index contributed by atoms with van der Waals surface area (Å²) in [5.74, 6) is -0.208. The highest BCUT2D eigenvalue weighted by Gasteiger charge is 2.20. The average Bonchev–Trinajstić information content (AvgIpc) is 3.19. The van der Waals surface area contributed by atoms with Crippen LogP contribution < -0.4 is 10.9 Å². The summed E-state index contributed by atoms with van der Waals surface area (Å²) in [7, 11) is 1.44. The molecule has 9 heteroatoms. The number of ether oxygens (including phenoxy) is 1. The van der Waals surface area contributed by atoms with Crippen LogP contribution in [0.2, 0.25) is 5.02 Å². The highest BCUT2D eigenvalue weighted by atomic mass is 35.5. The second-order valence-corrected chi connectivity index (χ2v) is 7.08. The molecule has 1 amide bonds. The van der Waals surface area contributed by atoms with Gasteiger partial charge in [-0.1, -0.05) is 11.6 Å². The van der Waals surface area contributed by atoms with E-state index in [1.807, 2.05) is 12.1 Å². The highest BCUT2D eigenvalue weighted by molar-refractivity contribution is 6.30. The van der Waals surface area contributed by atoms with Crippen LogP contribution in [0.15, 0.2) is 45.6 Å². The molecular formula is C21H20ClN3O5. The second-order valence-electron chi connectivity index (χ2n) is 6.64. The van der Waals surface area contributed by atoms with Gasteiger partial charge in [0.25, 0.3) is 11.5 Å². The predicted molar refractivity (Wildman–Crippen MR) is 110 cm³/mol. The molecule has 0 unspecified atom stereocenters. The number of benzene rings is 1. The summed E-state index contributed by atoms with van der Waals surface area (Å²) in [5.41, 5.74) is 1.11. The predicted octanol–water partition coefficient (Wildman–Crippen LogP) is 2.78. The van der Waals surface area contributed by atoms with E-state index in [9.17, 15) is 14.4 Å². The van der Waals surface area contributed by atoms with E-state index in [-0.39, 0.29) is 12.1 Å². The van der Waals surface area contributed by atoms with Crippen molar-refractivity contribution in [3.8, 4) is 11.3 Å². The number of nitrogens with one attached hydrogen (secondary N) is 1. The van der Waals surface area contributed by atoms with Crippen molar-refractivity contribution in [1.29, 1.82) is 0 Å². The van der Waals surface area contributed by atoms with Gasteiger partial charge in [-0.15, -0.1) is 0 Å². The molecule has 1 N–H and O–H groups in total. The average molecular weight is 430 g/mol. The highest BCUT2D eigenvalue weighted by Crippen LogP contribution is 2.23. The van der Waals surface area contributed by atoms with Crippen LogP contribution in [0, 0.1) is 13.8 Å². The molecule has 156 valence electrons. The fourth-order valence-corrected chi connectivity index (χ4v) is 2.90. The molecule has 2 aromatic heterocycles. The zero-order chi connectivity index (χ0) is 21.8. The Hall–Kier alpha value is -3.39. The molecule has 0 spiro atoms. The third-order valence-electron chi connectivity index (χ3n) is 4.51. The van der Waals surface area contributed by atoms with Crippen LogP contribution in [0.3, 0.4) is 0 Å². The maximum absolute atomic E-state index is 12.3. The van der Waals surface area contributed by atoms with Gasteiger partial charge in [0.05, 0.1) is 12.2 Å². The van der Waals surface area contributed by atoms with E-state index < -0.39 is 24.0 Å². The fraction of sp³-hybridized carbons (Fsp3) is 0.238. The molecule has 0 aliphatic rings. The molecule has 0 fully saturated rings. The fourth-order valence-electron chi connectivity index (χ4n) is 2.77. The smallest absolute Gasteiger partial charge is 0.344 e. The molecule has 0 atom stereocenters. The Morgan fingerprint density at radius 1 is 1.17 bits per heavy atom. The van der Waals surface area contributed by atoms with Crippen molar-refractivity contribution in [2.75, 3.05) is 6.61 Å². The molecule has 2 heterocycles. The van der Waals surface area contributed by atoms with Gasteiger partial charge in [0.15, 0.2) is 6.61 Å². The van der Waals surface area contributed by atoms with Gasteiger partial charge in [-0.05, 0) is 55.8 Å². The summed E-state index contributed by atoms with van der Waals surface area (Å²) < 4.78 is 11.8. The van der Waals surface area contributed by atoms with Crippen LogP contribution in [0.1, 0.15) is 27.4 Å². The molecule has 0 saturated heterocycles. The summed E-state index contributed by atoms with van der Waals surface area (Å²) in [5, 5.41) is 7.23. The first-order valence-corrected chi connectivity index (χ1v) is 9.47. The molecule has 3 aromatic rings. The Bertz CT molecular complexity index is 1150. The van der Waals surface area contributed by atoms with Crippen LogP contribution in [0.4, 0.5) is 0 Å². The first kappa shape index (κ1) is 21.3. The van der Waals surface area contributed by atoms with E-state index in [0.717, 1.165) is 10.2 Å². The first-order chi connectivity index (χ1) is 14.3. The summed E-state index contributed by atoms with van der Waals surface area (Å²) in [6.07, 6.45) is 0. The second kappa shape index (κ2) is 8.96. The maximum Gasteiger partial charge on any atom is 0.344 e. The number of esters is 1. The largest absolute Gasteiger partial charge is 0.459 e. The number of furan rings is 1. The minimum absolute atomic E-state index is 0.124. The molecule has 3 rings (SSSR count). The number of rotatable bonds is 6. The molecule has 0 aliphatic heterocycles. The topological polar surface area (TPSA) is 103 Å². The Kier molecular flexibility index (Phi) is 6.37. The third kappa shape index (κ3) is 4.77. The summed E-state index contributed by atoms with van der Waals surface area (Å²) in [6.45, 7) is 2.89. The molecule has 8 nitrogen and oxygen atoms in total. The van der Waals surface area contributed by atoms with Crippen molar-refractivity contribution in [1.82, 2.24) is 15.1 Å². The normalized spacial score (nSPS) is 10.7. The van der Waals surface area contributed by atoms with Crippen molar-refractivity contribution in [3.05, 3.63) is 74.4 Å². The third-order valence-corrected chi connectivity index (χ3v) is 4.77. The van der Waals surface area contributed by atoms with E-state index >= 15 is 0 Å². The Morgan fingerprint density at radius 2 is 1.87 bits per heavy atom. The van der Waals surface area contributed by atoms with Crippen LogP contribution in [-0.2, 0) is 23.1 Å². The number of amides is 1. The maximum atomic E-state index is 12.3. The van der Waals surface area contributed by atoms with Crippen molar-refractivity contribution in [2.45, 2.75) is 20.4 Å². The van der Waals surface area contributed by atoms with Gasteiger partial charge >= 0.3 is 5.97 Å². The molecule has 30 heavy (non-hydrogen) atoms. The number of nitrogens with zero attached hydrogens (tertiary/aromatic N) is 2. The minimum atomic E-state index is -0.864. The van der Waals surface area contributed by atoms with Crippen molar-refractivity contribution in [3.63, 3.8) is 0 Å². The standard InChI is InChI=1S/C21H20ClN3O5/c1-12-13(2)24-25(3)20(27)19(12)21(28)29-11-18(26)23-10-16-8-9-17(30-16)14-4-6-15(22)7-5-14/h4-9H,10-11H2,1-3H3,(H,23,26). The monoisotopic (exact) mass is 429 g/mol. The van der Waals surface area contributed by atoms with Gasteiger partial charge in [-0.2, -0.15) is 5.10 Å². The SMILES string of the molecule is Cc1nn(C)c(=O)c(C(=O)OCC(=O)NCc2ccc(-c3ccc(Cl)cc3)o2)c1C. The molecular weight excluding hydrogens is 410 g/mol. The number of carbonyl (C=O) groups is 2. The lowest BCUT2D eigenvalue weighted by molar-refractivity contribution is -0.124. The lowest BCUT2D eigenvalue weighted by Gasteiger charge is -2.09. The van der Waals surface area contributed by atoms with Crippen molar-refractivity contribution in [2.24, 2.45) is 7.05 Å². The number of hydrogen-bond acceptors (Lipinski definition) is 6. The number of carbonyl (C=O) groups excluding carboxylic acids is 2. The van der Waals surface area contributed by atoms with E-state index in [2.05, 4.69) is 10.4 Å². The Balaban J connectivity index is 1.55. The minimum Gasteiger partial charge on any atom is -0.459 e. The van der Waals surface area contributed by atoms with Gasteiger partial charge in [-0.25, -0.2) is 9.48 Å². The zero-order valence-electron chi connectivity index (χ0n) is 16.7. The molecule has 0 aliphatic carbocycles. The van der Waals surface area contributed by atoms with E-state index in [4.69, 9.17) is 20.8 Å². The molecule has 1 aromatic carbocycles. The van der Waals surface area contributed by atoms with Crippen LogP contribution >= 0.6 is 11.6 Å². The van der Waals surface area contributed by atoms with E-state index in [0.29, 0.717) is 27.8 Å². The van der Waals surface area contributed by atoms with Gasteiger partial charge in [0, 0.05) is 17.6 Å². The number of halogens is 1. The molecule has 0 bridgehead atoms. The number of aryl methyl sites for hydroxylation is 2. The van der Waals surface area contributed by atoms with Crippen molar-refractivity contribution < 1.29 is 18.7 Å². The Morgan fingerprint density at radius 3 is 2.57 bits per heavy atom. The summed E-state index contributed by atoms with van der Waals surface area (Å²) >= 11 is 5.88. The molecule has 0 saturated carbocycles. The van der Waals surface area contributed by atoms with Gasteiger partial charge in [0.1, 0.15) is 17.1 Å². The first-order valence-electron chi connectivity index (χ1n) is 9.09. The van der Waals surface area contributed by atoms with Gasteiger partial charge < -0.3 is 14.5 Å². The van der Waals surface area contributed by atoms with Gasteiger partial charge in [-0.3, -0.25) is 9.59 Å². The summed E-state index contributed by atoms with van der Waals surface area (Å²) in [4.78, 5) is 36.5. The number of aromatic nitrogens is 2. The van der Waals surface area contributed by atoms with Gasteiger partial charge in [0.2, 0.25) is 0 Å². The zero-order valence-corrected chi connectivity index (χ0v) is 17.4. The van der Waals surface area contributed by atoms with Crippen LogP contribution in [-0.4, -0.2) is 28.3 Å². The van der Waals surface area contributed by atoms with Crippen LogP contribution in [0.25, 0.3) is 11.3 Å². The van der Waals surface area contributed by atoms with E-state index in [1.54, 1.807) is 38.1 Å². The van der Waals surface area contributed by atoms with Crippen LogP contribution in [0.5, 0.6) is 0 Å². The summed E-state index contributed by atoms with van der Waals surface area (Å²) in [6, 6.07) is 10.7. The Labute approximate surface area is 177 Å². The lowest BCUT2D eigenvalue weighted by atomic mass is 10.1. The van der Waals surface area contributed by atoms with E-state index in [1.165, 1.54) is 7.05 Å². The number of hydrogen-bond donors (Lipinski definition) is 1. The quantitative estimate of drug-likeness (QED) is 0.604. The molecule has 0 radical (unpaired) electrons.